The molecule has 4 atom stereocenters. The number of amides is 1. The lowest BCUT2D eigenvalue weighted by Crippen LogP contribution is -2.52. The van der Waals surface area contributed by atoms with Crippen LogP contribution in [0.3, 0.4) is 0 Å². The molecule has 4 bridgehead atoms. The van der Waals surface area contributed by atoms with Gasteiger partial charge < -0.3 is 10.1 Å². The molecule has 90 valence electrons. The first-order valence-electron chi connectivity index (χ1n) is 6.55. The van der Waals surface area contributed by atoms with Crippen molar-refractivity contribution < 1.29 is 9.53 Å². The first kappa shape index (κ1) is 10.4. The summed E-state index contributed by atoms with van der Waals surface area (Å²) in [6.07, 6.45) is 8.82. The van der Waals surface area contributed by atoms with Gasteiger partial charge in [0.25, 0.3) is 0 Å². The van der Waals surface area contributed by atoms with Gasteiger partial charge in [-0.05, 0) is 62.7 Å². The Morgan fingerprint density at radius 1 is 1.19 bits per heavy atom. The van der Waals surface area contributed by atoms with E-state index in [1.807, 2.05) is 0 Å². The van der Waals surface area contributed by atoms with Crippen LogP contribution in [0.25, 0.3) is 0 Å². The molecule has 0 spiro atoms. The number of ether oxygens (including phenoxy) is 1. The molecule has 2 unspecified atom stereocenters. The molecule has 0 heterocycles. The van der Waals surface area contributed by atoms with Crippen molar-refractivity contribution in [2.75, 3.05) is 7.11 Å². The molecule has 0 radical (unpaired) electrons. The molecule has 4 fully saturated rings. The van der Waals surface area contributed by atoms with Gasteiger partial charge in [-0.3, -0.25) is 0 Å². The number of carbonyl (C=O) groups excluding carboxylic acids is 1. The summed E-state index contributed by atoms with van der Waals surface area (Å²) in [7, 11) is 1.46. The molecule has 0 saturated heterocycles. The van der Waals surface area contributed by atoms with E-state index in [1.54, 1.807) is 0 Å². The van der Waals surface area contributed by atoms with E-state index >= 15 is 0 Å². The van der Waals surface area contributed by atoms with Gasteiger partial charge in [-0.1, -0.05) is 0 Å². The molecule has 3 heteroatoms. The van der Waals surface area contributed by atoms with Crippen LogP contribution in [-0.4, -0.2) is 18.7 Å². The van der Waals surface area contributed by atoms with Gasteiger partial charge in [-0.15, -0.1) is 0 Å². The van der Waals surface area contributed by atoms with Crippen molar-refractivity contribution >= 4 is 6.09 Å². The Morgan fingerprint density at radius 2 is 1.81 bits per heavy atom. The standard InChI is InChI=1S/C13H21NO2/c1-16-12(15)14-13-3-2-9-4-10(7-13)6-11(5-9)8-13/h9-11H,2-8H2,1H3,(H,14,15)/t9?,10-,11+,13?. The van der Waals surface area contributed by atoms with Crippen molar-refractivity contribution in [2.24, 2.45) is 17.8 Å². The minimum atomic E-state index is -0.236. The van der Waals surface area contributed by atoms with Gasteiger partial charge in [0, 0.05) is 5.54 Å². The summed E-state index contributed by atoms with van der Waals surface area (Å²) < 4.78 is 4.78. The molecule has 16 heavy (non-hydrogen) atoms. The van der Waals surface area contributed by atoms with E-state index in [0.29, 0.717) is 0 Å². The van der Waals surface area contributed by atoms with Crippen LogP contribution in [0.1, 0.15) is 44.9 Å². The van der Waals surface area contributed by atoms with Gasteiger partial charge in [0.05, 0.1) is 7.11 Å². The Labute approximate surface area is 96.9 Å². The summed E-state index contributed by atoms with van der Waals surface area (Å²) in [5, 5.41) is 3.15. The highest BCUT2D eigenvalue weighted by Gasteiger charge is 2.48. The number of alkyl carbamates (subject to hydrolysis) is 1. The van der Waals surface area contributed by atoms with Crippen LogP contribution >= 0.6 is 0 Å². The van der Waals surface area contributed by atoms with E-state index in [4.69, 9.17) is 4.74 Å². The van der Waals surface area contributed by atoms with E-state index in [-0.39, 0.29) is 11.6 Å². The maximum absolute atomic E-state index is 11.5. The van der Waals surface area contributed by atoms with Crippen molar-refractivity contribution in [1.82, 2.24) is 5.32 Å². The molecule has 3 nitrogen and oxygen atoms in total. The molecule has 0 aromatic heterocycles. The monoisotopic (exact) mass is 223 g/mol. The predicted octanol–water partition coefficient (Wildman–Crippen LogP) is 2.70. The number of fused-ring (bicyclic) bond motifs is 1. The quantitative estimate of drug-likeness (QED) is 0.742. The Kier molecular flexibility index (Phi) is 2.37. The molecule has 4 aliphatic carbocycles. The predicted molar refractivity (Wildman–Crippen MR) is 61.1 cm³/mol. The van der Waals surface area contributed by atoms with Gasteiger partial charge in [-0.25, -0.2) is 4.79 Å². The van der Waals surface area contributed by atoms with Crippen LogP contribution in [0, 0.1) is 17.8 Å². The van der Waals surface area contributed by atoms with Crippen LogP contribution in [0.4, 0.5) is 4.79 Å². The zero-order valence-corrected chi connectivity index (χ0v) is 10.00. The van der Waals surface area contributed by atoms with Crippen molar-refractivity contribution in [1.29, 1.82) is 0 Å². The van der Waals surface area contributed by atoms with Crippen LogP contribution in [0.2, 0.25) is 0 Å². The van der Waals surface area contributed by atoms with Crippen molar-refractivity contribution in [3.63, 3.8) is 0 Å². The molecule has 0 aliphatic heterocycles. The zero-order chi connectivity index (χ0) is 11.2. The lowest BCUT2D eigenvalue weighted by Gasteiger charge is -2.45. The normalized spacial score (nSPS) is 45.2. The molecular formula is C13H21NO2. The maximum Gasteiger partial charge on any atom is 0.407 e. The van der Waals surface area contributed by atoms with E-state index in [1.165, 1.54) is 52.1 Å². The van der Waals surface area contributed by atoms with Crippen molar-refractivity contribution in [3.05, 3.63) is 0 Å². The minimum Gasteiger partial charge on any atom is -0.453 e. The van der Waals surface area contributed by atoms with Gasteiger partial charge in [-0.2, -0.15) is 0 Å². The number of methoxy groups -OCH3 is 1. The Balaban J connectivity index is 1.81. The summed E-state index contributed by atoms with van der Waals surface area (Å²) in [5.74, 6) is 2.65. The lowest BCUT2D eigenvalue weighted by atomic mass is 9.65. The van der Waals surface area contributed by atoms with Crippen LogP contribution in [0.5, 0.6) is 0 Å². The molecule has 0 aromatic carbocycles. The third kappa shape index (κ3) is 1.70. The number of hydrogen-bond donors (Lipinski definition) is 1. The fourth-order valence-electron chi connectivity index (χ4n) is 4.58. The average molecular weight is 223 g/mol. The third-order valence-electron chi connectivity index (χ3n) is 4.94. The second kappa shape index (κ2) is 3.64. The molecule has 1 N–H and O–H groups in total. The summed E-state index contributed by atoms with van der Waals surface area (Å²) in [6.45, 7) is 0. The largest absolute Gasteiger partial charge is 0.453 e. The van der Waals surface area contributed by atoms with Crippen molar-refractivity contribution in [2.45, 2.75) is 50.5 Å². The third-order valence-corrected chi connectivity index (χ3v) is 4.94. The number of nitrogens with one attached hydrogen (secondary N) is 1. The first-order valence-corrected chi connectivity index (χ1v) is 6.55. The lowest BCUT2D eigenvalue weighted by molar-refractivity contribution is 0.0870. The minimum absolute atomic E-state index is 0.0753. The second-order valence-corrected chi connectivity index (χ2v) is 6.15. The number of carbonyl (C=O) groups is 1. The smallest absolute Gasteiger partial charge is 0.407 e. The van der Waals surface area contributed by atoms with E-state index in [9.17, 15) is 4.79 Å². The Bertz CT molecular complexity index is 288. The Morgan fingerprint density at radius 3 is 2.44 bits per heavy atom. The van der Waals surface area contributed by atoms with Crippen LogP contribution in [0.15, 0.2) is 0 Å². The summed E-state index contributed by atoms with van der Waals surface area (Å²) in [5.41, 5.74) is 0.0753. The topological polar surface area (TPSA) is 38.3 Å². The van der Waals surface area contributed by atoms with Gasteiger partial charge >= 0.3 is 6.09 Å². The van der Waals surface area contributed by atoms with E-state index in [2.05, 4.69) is 5.32 Å². The fraction of sp³-hybridized carbons (Fsp3) is 0.923. The van der Waals surface area contributed by atoms with Gasteiger partial charge in [0.15, 0.2) is 0 Å². The van der Waals surface area contributed by atoms with E-state index < -0.39 is 0 Å². The highest BCUT2D eigenvalue weighted by atomic mass is 16.5. The van der Waals surface area contributed by atoms with Crippen molar-refractivity contribution in [3.8, 4) is 0 Å². The van der Waals surface area contributed by atoms with E-state index in [0.717, 1.165) is 17.8 Å². The Hall–Kier alpha value is -0.730. The fourth-order valence-corrected chi connectivity index (χ4v) is 4.58. The summed E-state index contributed by atoms with van der Waals surface area (Å²) >= 11 is 0. The molecule has 4 saturated carbocycles. The van der Waals surface area contributed by atoms with Crippen LogP contribution < -0.4 is 5.32 Å². The molecular weight excluding hydrogens is 202 g/mol. The maximum atomic E-state index is 11.5. The zero-order valence-electron chi connectivity index (χ0n) is 10.00. The SMILES string of the molecule is COC(=O)NC12CCC3C[C@H](C[C@H](C3)C1)C2. The second-order valence-electron chi connectivity index (χ2n) is 6.15. The van der Waals surface area contributed by atoms with Crippen LogP contribution in [-0.2, 0) is 4.74 Å². The summed E-state index contributed by atoms with van der Waals surface area (Å²) in [6, 6.07) is 0. The number of hydrogen-bond acceptors (Lipinski definition) is 2. The first-order chi connectivity index (χ1) is 7.69. The molecule has 4 aliphatic rings. The average Bonchev–Trinajstić information content (AvgIpc) is 2.43. The van der Waals surface area contributed by atoms with Gasteiger partial charge in [0.2, 0.25) is 0 Å². The highest BCUT2D eigenvalue weighted by Crippen LogP contribution is 2.52. The number of rotatable bonds is 1. The molecule has 0 aromatic rings. The molecule has 1 amide bonds. The van der Waals surface area contributed by atoms with Gasteiger partial charge in [0.1, 0.15) is 0 Å². The molecule has 4 rings (SSSR count). The highest BCUT2D eigenvalue weighted by molar-refractivity contribution is 5.68. The summed E-state index contributed by atoms with van der Waals surface area (Å²) in [4.78, 5) is 11.5.